The van der Waals surface area contributed by atoms with Gasteiger partial charge in [-0.15, -0.1) is 24.0 Å². The number of rotatable bonds is 5. The third-order valence-corrected chi connectivity index (χ3v) is 3.81. The molecule has 0 radical (unpaired) electrons. The highest BCUT2D eigenvalue weighted by Gasteiger charge is 2.24. The Kier molecular flexibility index (Phi) is 8.55. The molecular weight excluding hydrogens is 393 g/mol. The molecule has 0 bridgehead atoms. The van der Waals surface area contributed by atoms with Crippen LogP contribution in [0.5, 0.6) is 5.75 Å². The highest BCUT2D eigenvalue weighted by molar-refractivity contribution is 14.0. The van der Waals surface area contributed by atoms with Crippen LogP contribution in [0.3, 0.4) is 0 Å². The molecule has 1 saturated heterocycles. The number of guanidine groups is 1. The summed E-state index contributed by atoms with van der Waals surface area (Å²) >= 11 is 0. The second-order valence-electron chi connectivity index (χ2n) is 5.30. The molecule has 0 spiro atoms. The van der Waals surface area contributed by atoms with Gasteiger partial charge in [-0.2, -0.15) is 0 Å². The zero-order valence-corrected chi connectivity index (χ0v) is 15.9. The van der Waals surface area contributed by atoms with Gasteiger partial charge in [-0.3, -0.25) is 4.99 Å². The lowest BCUT2D eigenvalue weighted by atomic mass is 10.1. The lowest BCUT2D eigenvalue weighted by molar-refractivity contribution is 0.157. The molecule has 22 heavy (non-hydrogen) atoms. The predicted molar refractivity (Wildman–Crippen MR) is 100 cm³/mol. The molecule has 1 N–H and O–H groups in total. The topological polar surface area (TPSA) is 46.1 Å². The summed E-state index contributed by atoms with van der Waals surface area (Å²) in [5, 5.41) is 3.42. The van der Waals surface area contributed by atoms with Crippen LogP contribution in [0.2, 0.25) is 0 Å². The van der Waals surface area contributed by atoms with Crippen LogP contribution in [0, 0.1) is 5.92 Å². The fourth-order valence-corrected chi connectivity index (χ4v) is 2.65. The molecule has 124 valence electrons. The Morgan fingerprint density at radius 3 is 2.64 bits per heavy atom. The van der Waals surface area contributed by atoms with Gasteiger partial charge < -0.3 is 19.7 Å². The van der Waals surface area contributed by atoms with Crippen LogP contribution in [0.25, 0.3) is 0 Å². The van der Waals surface area contributed by atoms with E-state index in [0.29, 0.717) is 5.92 Å². The van der Waals surface area contributed by atoms with Crippen LogP contribution < -0.4 is 10.1 Å². The molecule has 1 heterocycles. The Morgan fingerprint density at radius 1 is 1.32 bits per heavy atom. The fourth-order valence-electron chi connectivity index (χ4n) is 2.65. The van der Waals surface area contributed by atoms with Crippen LogP contribution in [0.4, 0.5) is 0 Å². The molecule has 1 fully saturated rings. The standard InChI is InChI=1S/C16H25N3O2.HI/c1-17-16(19-9-8-14(11-19)12-20-2)18-10-13-4-6-15(21-3)7-5-13;/h4-7,14H,8-12H2,1-3H3,(H,17,18);1H. The summed E-state index contributed by atoms with van der Waals surface area (Å²) in [4.78, 5) is 6.68. The first-order chi connectivity index (χ1) is 10.3. The van der Waals surface area contributed by atoms with E-state index in [-0.39, 0.29) is 24.0 Å². The van der Waals surface area contributed by atoms with Crippen molar-refractivity contribution >= 4 is 29.9 Å². The third kappa shape index (κ3) is 5.31. The fraction of sp³-hybridized carbons (Fsp3) is 0.562. The lowest BCUT2D eigenvalue weighted by Gasteiger charge is -2.21. The Morgan fingerprint density at radius 2 is 2.05 bits per heavy atom. The molecule has 0 saturated carbocycles. The molecule has 6 heteroatoms. The molecule has 0 aliphatic carbocycles. The van der Waals surface area contributed by atoms with Gasteiger partial charge in [0.15, 0.2) is 5.96 Å². The zero-order valence-electron chi connectivity index (χ0n) is 13.5. The van der Waals surface area contributed by atoms with Crippen molar-refractivity contribution < 1.29 is 9.47 Å². The summed E-state index contributed by atoms with van der Waals surface area (Å²) in [5.74, 6) is 2.45. The average Bonchev–Trinajstić information content (AvgIpc) is 2.97. The van der Waals surface area contributed by atoms with Crippen molar-refractivity contribution in [2.45, 2.75) is 13.0 Å². The summed E-state index contributed by atoms with van der Waals surface area (Å²) in [6.45, 7) is 3.64. The van der Waals surface area contributed by atoms with E-state index >= 15 is 0 Å². The first-order valence-electron chi connectivity index (χ1n) is 7.34. The minimum Gasteiger partial charge on any atom is -0.497 e. The normalized spacial score (nSPS) is 18.0. The van der Waals surface area contributed by atoms with Crippen molar-refractivity contribution in [1.29, 1.82) is 0 Å². The van der Waals surface area contributed by atoms with Gasteiger partial charge in [-0.05, 0) is 24.1 Å². The summed E-state index contributed by atoms with van der Waals surface area (Å²) in [6.07, 6.45) is 1.16. The second-order valence-corrected chi connectivity index (χ2v) is 5.30. The van der Waals surface area contributed by atoms with Crippen LogP contribution in [-0.4, -0.2) is 51.8 Å². The first kappa shape index (κ1) is 19.0. The molecule has 1 aliphatic heterocycles. The molecule has 0 aromatic heterocycles. The van der Waals surface area contributed by atoms with Gasteiger partial charge in [-0.25, -0.2) is 0 Å². The SMILES string of the molecule is CN=C(NCc1ccc(OC)cc1)N1CCC(COC)C1.I. The van der Waals surface area contributed by atoms with Crippen molar-refractivity contribution in [3.8, 4) is 5.75 Å². The van der Waals surface area contributed by atoms with Crippen molar-refractivity contribution in [3.05, 3.63) is 29.8 Å². The van der Waals surface area contributed by atoms with Gasteiger partial charge in [-0.1, -0.05) is 12.1 Å². The Balaban J connectivity index is 0.00000242. The highest BCUT2D eigenvalue weighted by atomic mass is 127. The molecule has 2 rings (SSSR count). The number of benzene rings is 1. The van der Waals surface area contributed by atoms with Gasteiger partial charge in [0.05, 0.1) is 13.7 Å². The second kappa shape index (κ2) is 9.89. The van der Waals surface area contributed by atoms with Crippen molar-refractivity contribution in [2.75, 3.05) is 41.0 Å². The maximum absolute atomic E-state index is 5.24. The summed E-state index contributed by atoms with van der Waals surface area (Å²) in [6, 6.07) is 8.09. The summed E-state index contributed by atoms with van der Waals surface area (Å²) < 4.78 is 10.4. The van der Waals surface area contributed by atoms with E-state index in [9.17, 15) is 0 Å². The van der Waals surface area contributed by atoms with Crippen molar-refractivity contribution in [2.24, 2.45) is 10.9 Å². The predicted octanol–water partition coefficient (Wildman–Crippen LogP) is 2.36. The summed E-state index contributed by atoms with van der Waals surface area (Å²) in [7, 11) is 5.28. The molecule has 1 aliphatic rings. The maximum Gasteiger partial charge on any atom is 0.193 e. The molecule has 0 amide bonds. The Labute approximate surface area is 150 Å². The number of nitrogens with zero attached hydrogens (tertiary/aromatic N) is 2. The molecule has 1 aromatic carbocycles. The number of halogens is 1. The van der Waals surface area contributed by atoms with Crippen LogP contribution in [0.15, 0.2) is 29.3 Å². The average molecular weight is 419 g/mol. The van der Waals surface area contributed by atoms with Crippen LogP contribution in [0.1, 0.15) is 12.0 Å². The van der Waals surface area contributed by atoms with E-state index in [1.54, 1.807) is 14.2 Å². The number of methoxy groups -OCH3 is 2. The lowest BCUT2D eigenvalue weighted by Crippen LogP contribution is -2.39. The number of hydrogen-bond donors (Lipinski definition) is 1. The van der Waals surface area contributed by atoms with Gasteiger partial charge >= 0.3 is 0 Å². The van der Waals surface area contributed by atoms with Crippen molar-refractivity contribution in [3.63, 3.8) is 0 Å². The first-order valence-corrected chi connectivity index (χ1v) is 7.34. The van der Waals surface area contributed by atoms with E-state index in [0.717, 1.165) is 44.4 Å². The molecule has 1 atom stereocenters. The summed E-state index contributed by atoms with van der Waals surface area (Å²) in [5.41, 5.74) is 1.21. The highest BCUT2D eigenvalue weighted by Crippen LogP contribution is 2.16. The number of nitrogens with one attached hydrogen (secondary N) is 1. The third-order valence-electron chi connectivity index (χ3n) is 3.81. The van der Waals surface area contributed by atoms with Gasteiger partial charge in [0.2, 0.25) is 0 Å². The van der Waals surface area contributed by atoms with Gasteiger partial charge in [0.25, 0.3) is 0 Å². The van der Waals surface area contributed by atoms with Gasteiger partial charge in [0.1, 0.15) is 5.75 Å². The smallest absolute Gasteiger partial charge is 0.193 e. The molecule has 1 unspecified atom stereocenters. The number of likely N-dealkylation sites (tertiary alicyclic amines) is 1. The molecule has 5 nitrogen and oxygen atoms in total. The van der Waals surface area contributed by atoms with E-state index in [4.69, 9.17) is 9.47 Å². The largest absolute Gasteiger partial charge is 0.497 e. The maximum atomic E-state index is 5.24. The Bertz CT molecular complexity index is 465. The minimum absolute atomic E-state index is 0. The van der Waals surface area contributed by atoms with E-state index in [1.807, 2.05) is 19.2 Å². The number of hydrogen-bond acceptors (Lipinski definition) is 3. The van der Waals surface area contributed by atoms with Crippen LogP contribution in [-0.2, 0) is 11.3 Å². The molecular formula is C16H26IN3O2. The minimum atomic E-state index is 0. The van der Waals surface area contributed by atoms with Gasteiger partial charge in [0, 0.05) is 39.7 Å². The van der Waals surface area contributed by atoms with E-state index < -0.39 is 0 Å². The van der Waals surface area contributed by atoms with E-state index in [1.165, 1.54) is 5.56 Å². The quantitative estimate of drug-likeness (QED) is 0.452. The molecule has 1 aromatic rings. The Hall–Kier alpha value is -1.02. The van der Waals surface area contributed by atoms with Crippen molar-refractivity contribution in [1.82, 2.24) is 10.2 Å². The van der Waals surface area contributed by atoms with E-state index in [2.05, 4.69) is 27.3 Å². The number of ether oxygens (including phenoxy) is 2. The number of aliphatic imine (C=N–C) groups is 1. The zero-order chi connectivity index (χ0) is 15.1. The van der Waals surface area contributed by atoms with Crippen LogP contribution >= 0.6 is 24.0 Å². The monoisotopic (exact) mass is 419 g/mol.